The Kier molecular flexibility index (Phi) is 6.44. The van der Waals surface area contributed by atoms with Gasteiger partial charge in [0.05, 0.1) is 34.6 Å². The van der Waals surface area contributed by atoms with E-state index in [-0.39, 0.29) is 11.5 Å². The average Bonchev–Trinajstić information content (AvgIpc) is 3.49. The van der Waals surface area contributed by atoms with E-state index in [4.69, 9.17) is 0 Å². The van der Waals surface area contributed by atoms with Gasteiger partial charge in [0.25, 0.3) is 11.5 Å². The van der Waals surface area contributed by atoms with Crippen LogP contribution in [-0.2, 0) is 7.05 Å². The van der Waals surface area contributed by atoms with Gasteiger partial charge < -0.3 is 5.32 Å². The molecule has 4 aromatic heterocycles. The average molecular weight is 542 g/mol. The van der Waals surface area contributed by atoms with Crippen molar-refractivity contribution in [1.82, 2.24) is 34.3 Å². The number of pyridine rings is 1. The lowest BCUT2D eigenvalue weighted by Gasteiger charge is -2.21. The minimum Gasteiger partial charge on any atom is -0.344 e. The smallest absolute Gasteiger partial charge is 0.264 e. The van der Waals surface area contributed by atoms with Crippen molar-refractivity contribution in [2.24, 2.45) is 7.05 Å². The summed E-state index contributed by atoms with van der Waals surface area (Å²) in [5.41, 5.74) is 4.92. The molecule has 6 rings (SSSR count). The van der Waals surface area contributed by atoms with Gasteiger partial charge >= 0.3 is 0 Å². The molecule has 2 aromatic carbocycles. The number of hydrogen-bond acceptors (Lipinski definition) is 5. The Morgan fingerprint density at radius 3 is 2.54 bits per heavy atom. The van der Waals surface area contributed by atoms with Crippen LogP contribution in [-0.4, -0.2) is 34.9 Å². The van der Waals surface area contributed by atoms with Crippen LogP contribution in [0, 0.1) is 25.7 Å². The summed E-state index contributed by atoms with van der Waals surface area (Å²) in [4.78, 5) is 32.1. The Labute approximate surface area is 236 Å². The standard InChI is InChI=1S/C32H27N7O2/c1-20(35-31(40)28-21(2)36-38-17-9-16-33-30(28)38)27-18-24-11-8-10-23(14-15-25-19-34-37(4)22(25)3)29(24)32(41)39(27)26-12-6-5-7-13-26/h5-13,16-20H,1-4H3,(H,35,40). The topological polar surface area (TPSA) is 99.1 Å². The summed E-state index contributed by atoms with van der Waals surface area (Å²) in [5, 5.41) is 13.0. The second-order valence-electron chi connectivity index (χ2n) is 9.88. The first-order chi connectivity index (χ1) is 19.8. The van der Waals surface area contributed by atoms with Crippen LogP contribution in [0.1, 0.15) is 51.5 Å². The highest BCUT2D eigenvalue weighted by molar-refractivity contribution is 6.01. The number of rotatable bonds is 4. The molecule has 1 unspecified atom stereocenters. The minimum absolute atomic E-state index is 0.216. The van der Waals surface area contributed by atoms with Crippen LogP contribution in [0.4, 0.5) is 0 Å². The van der Waals surface area contributed by atoms with Crippen molar-refractivity contribution in [3.05, 3.63) is 123 Å². The molecule has 0 spiro atoms. The van der Waals surface area contributed by atoms with E-state index in [0.717, 1.165) is 16.6 Å². The molecule has 0 fully saturated rings. The molecule has 0 saturated carbocycles. The molecule has 1 amide bonds. The van der Waals surface area contributed by atoms with Crippen LogP contribution in [0.5, 0.6) is 0 Å². The highest BCUT2D eigenvalue weighted by atomic mass is 16.2. The molecule has 9 nitrogen and oxygen atoms in total. The zero-order valence-corrected chi connectivity index (χ0v) is 23.1. The third-order valence-electron chi connectivity index (χ3n) is 7.25. The van der Waals surface area contributed by atoms with Gasteiger partial charge in [0.15, 0.2) is 5.65 Å². The van der Waals surface area contributed by atoms with Crippen molar-refractivity contribution in [3.63, 3.8) is 0 Å². The van der Waals surface area contributed by atoms with Crippen molar-refractivity contribution in [3.8, 4) is 17.5 Å². The van der Waals surface area contributed by atoms with E-state index in [9.17, 15) is 9.59 Å². The van der Waals surface area contributed by atoms with Gasteiger partial charge in [-0.15, -0.1) is 0 Å². The van der Waals surface area contributed by atoms with Crippen molar-refractivity contribution in [2.75, 3.05) is 0 Å². The number of nitrogens with zero attached hydrogens (tertiary/aromatic N) is 6. The number of carbonyl (C=O) groups is 1. The maximum Gasteiger partial charge on any atom is 0.264 e. The minimum atomic E-state index is -0.523. The first-order valence-electron chi connectivity index (χ1n) is 13.2. The highest BCUT2D eigenvalue weighted by Gasteiger charge is 2.23. The van der Waals surface area contributed by atoms with Gasteiger partial charge in [0.2, 0.25) is 0 Å². The summed E-state index contributed by atoms with van der Waals surface area (Å²) in [6.45, 7) is 5.59. The molecule has 41 heavy (non-hydrogen) atoms. The molecule has 6 aromatic rings. The molecule has 0 aliphatic rings. The highest BCUT2D eigenvalue weighted by Crippen LogP contribution is 2.24. The zero-order chi connectivity index (χ0) is 28.7. The SMILES string of the molecule is Cc1nn2cccnc2c1C(=O)NC(C)c1cc2cccc(C#Cc3cnn(C)c3C)c2c(=O)n1-c1ccccc1. The summed E-state index contributed by atoms with van der Waals surface area (Å²) in [6.07, 6.45) is 5.10. The maximum atomic E-state index is 14.2. The van der Waals surface area contributed by atoms with Crippen LogP contribution in [0.15, 0.2) is 84.0 Å². The molecule has 0 bridgehead atoms. The fraction of sp³-hybridized carbons (Fsp3) is 0.156. The monoisotopic (exact) mass is 541 g/mol. The first-order valence-corrected chi connectivity index (χ1v) is 13.2. The quantitative estimate of drug-likeness (QED) is 0.336. The van der Waals surface area contributed by atoms with Crippen molar-refractivity contribution < 1.29 is 4.79 Å². The predicted octanol–water partition coefficient (Wildman–Crippen LogP) is 4.27. The molecule has 0 aliphatic heterocycles. The molecule has 0 radical (unpaired) electrons. The van der Waals surface area contributed by atoms with E-state index in [2.05, 4.69) is 32.3 Å². The molecular formula is C32H27N7O2. The van der Waals surface area contributed by atoms with E-state index in [0.29, 0.717) is 39.2 Å². The number of amides is 1. The summed E-state index contributed by atoms with van der Waals surface area (Å²) in [7, 11) is 1.87. The van der Waals surface area contributed by atoms with E-state index in [1.165, 1.54) is 0 Å². The van der Waals surface area contributed by atoms with Crippen molar-refractivity contribution >= 4 is 22.3 Å². The Hall–Kier alpha value is -5.49. The number of benzene rings is 2. The number of aromatic nitrogens is 6. The van der Waals surface area contributed by atoms with Gasteiger partial charge in [-0.25, -0.2) is 9.50 Å². The van der Waals surface area contributed by atoms with E-state index in [1.807, 2.05) is 75.5 Å². The van der Waals surface area contributed by atoms with Crippen molar-refractivity contribution in [2.45, 2.75) is 26.8 Å². The third-order valence-corrected chi connectivity index (χ3v) is 7.25. The van der Waals surface area contributed by atoms with Crippen LogP contribution in [0.2, 0.25) is 0 Å². The van der Waals surface area contributed by atoms with Crippen LogP contribution in [0.25, 0.3) is 22.1 Å². The summed E-state index contributed by atoms with van der Waals surface area (Å²) in [6, 6.07) is 18.2. The number of fused-ring (bicyclic) bond motifs is 2. The Bertz CT molecular complexity index is 2070. The van der Waals surface area contributed by atoms with Gasteiger partial charge in [-0.05, 0) is 56.5 Å². The van der Waals surface area contributed by atoms with Crippen LogP contribution >= 0.6 is 0 Å². The Balaban J connectivity index is 1.48. The molecule has 0 saturated heterocycles. The number of carbonyl (C=O) groups excluding carboxylic acids is 1. The molecule has 9 heteroatoms. The molecule has 4 heterocycles. The van der Waals surface area contributed by atoms with Gasteiger partial charge in [-0.1, -0.05) is 42.2 Å². The number of hydrogen-bond donors (Lipinski definition) is 1. The number of aryl methyl sites for hydroxylation is 2. The molecular weight excluding hydrogens is 514 g/mol. The molecule has 202 valence electrons. The molecule has 1 N–H and O–H groups in total. The molecule has 0 aliphatic carbocycles. The lowest BCUT2D eigenvalue weighted by Crippen LogP contribution is -2.32. The number of para-hydroxylation sites is 1. The van der Waals surface area contributed by atoms with E-state index < -0.39 is 6.04 Å². The Morgan fingerprint density at radius 1 is 1.00 bits per heavy atom. The van der Waals surface area contributed by atoms with Crippen LogP contribution in [0.3, 0.4) is 0 Å². The van der Waals surface area contributed by atoms with E-state index >= 15 is 0 Å². The van der Waals surface area contributed by atoms with Crippen LogP contribution < -0.4 is 10.9 Å². The number of nitrogens with one attached hydrogen (secondary N) is 1. The predicted molar refractivity (Wildman–Crippen MR) is 157 cm³/mol. The fourth-order valence-electron chi connectivity index (χ4n) is 5.01. The first kappa shape index (κ1) is 25.8. The van der Waals surface area contributed by atoms with Gasteiger partial charge in [0.1, 0.15) is 5.56 Å². The summed E-state index contributed by atoms with van der Waals surface area (Å²) >= 11 is 0. The summed E-state index contributed by atoms with van der Waals surface area (Å²) in [5.74, 6) is 6.06. The third kappa shape index (κ3) is 4.55. The van der Waals surface area contributed by atoms with E-state index in [1.54, 1.807) is 45.3 Å². The van der Waals surface area contributed by atoms with Gasteiger partial charge in [-0.2, -0.15) is 10.2 Å². The van der Waals surface area contributed by atoms with Crippen molar-refractivity contribution in [1.29, 1.82) is 0 Å². The normalized spacial score (nSPS) is 11.8. The molecule has 1 atom stereocenters. The Morgan fingerprint density at radius 2 is 1.78 bits per heavy atom. The largest absolute Gasteiger partial charge is 0.344 e. The fourth-order valence-corrected chi connectivity index (χ4v) is 5.01. The second kappa shape index (κ2) is 10.2. The second-order valence-corrected chi connectivity index (χ2v) is 9.88. The van der Waals surface area contributed by atoms with Gasteiger partial charge in [0, 0.05) is 36.4 Å². The zero-order valence-electron chi connectivity index (χ0n) is 23.1. The summed E-state index contributed by atoms with van der Waals surface area (Å²) < 4.78 is 5.00. The lowest BCUT2D eigenvalue weighted by molar-refractivity contribution is 0.0939. The lowest BCUT2D eigenvalue weighted by atomic mass is 10.0. The van der Waals surface area contributed by atoms with Gasteiger partial charge in [-0.3, -0.25) is 18.8 Å². The maximum absolute atomic E-state index is 14.2.